The van der Waals surface area contributed by atoms with Crippen LogP contribution in [0.5, 0.6) is 0 Å². The number of hydrogen-bond acceptors (Lipinski definition) is 3. The lowest BCUT2D eigenvalue weighted by Crippen LogP contribution is -1.98. The summed E-state index contributed by atoms with van der Waals surface area (Å²) in [6.07, 6.45) is 0. The molecule has 0 spiro atoms. The Kier molecular flexibility index (Phi) is 4.32. The second kappa shape index (κ2) is 7.01. The van der Waals surface area contributed by atoms with Gasteiger partial charge in [-0.1, -0.05) is 52.3 Å². The lowest BCUT2D eigenvalue weighted by molar-refractivity contribution is 0.827. The maximum absolute atomic E-state index is 6.06. The number of anilines is 1. The van der Waals surface area contributed by atoms with E-state index in [-0.39, 0.29) is 5.95 Å². The number of para-hydroxylation sites is 1. The molecule has 2 heterocycles. The number of rotatable bonds is 3. The van der Waals surface area contributed by atoms with Gasteiger partial charge in [-0.3, -0.25) is 0 Å². The number of nitrogens with zero attached hydrogens (tertiary/aromatic N) is 3. The lowest BCUT2D eigenvalue weighted by atomic mass is 10.0. The zero-order valence-electron chi connectivity index (χ0n) is 15.9. The molecule has 0 amide bonds. The topological polar surface area (TPSA) is 56.7 Å². The van der Waals surface area contributed by atoms with Crippen molar-refractivity contribution in [3.8, 4) is 22.5 Å². The van der Waals surface area contributed by atoms with E-state index in [1.54, 1.807) is 0 Å². The maximum Gasteiger partial charge on any atom is 0.221 e. The summed E-state index contributed by atoms with van der Waals surface area (Å²) in [6.45, 7) is 3.10. The highest BCUT2D eigenvalue weighted by atomic mass is 79.9. The molecule has 0 bridgehead atoms. The number of nitrogen functional groups attached to an aromatic ring is 1. The van der Waals surface area contributed by atoms with Crippen molar-refractivity contribution in [2.24, 2.45) is 0 Å². The Morgan fingerprint density at radius 3 is 2.21 bits per heavy atom. The van der Waals surface area contributed by atoms with E-state index in [0.29, 0.717) is 0 Å². The van der Waals surface area contributed by atoms with Gasteiger partial charge in [-0.15, -0.1) is 0 Å². The minimum Gasteiger partial charge on any atom is -0.368 e. The fraction of sp³-hybridized carbons (Fsp3) is 0.0833. The summed E-state index contributed by atoms with van der Waals surface area (Å²) < 4.78 is 3.37. The standard InChI is InChI=1S/C24H19BrN4/c1-2-29-22-6-4-3-5-18(22)19-13-16(9-12-23(19)29)21-14-20(27-24(26)28-21)15-7-10-17(25)11-8-15/h3-14H,2H2,1H3,(H2,26,27,28). The number of benzene rings is 3. The minimum absolute atomic E-state index is 0.275. The molecule has 2 N–H and O–H groups in total. The number of nitrogens with two attached hydrogens (primary N) is 1. The average Bonchev–Trinajstić information content (AvgIpc) is 3.07. The van der Waals surface area contributed by atoms with Gasteiger partial charge in [0.2, 0.25) is 5.95 Å². The van der Waals surface area contributed by atoms with Crippen LogP contribution < -0.4 is 5.73 Å². The van der Waals surface area contributed by atoms with E-state index in [1.165, 1.54) is 21.8 Å². The van der Waals surface area contributed by atoms with Gasteiger partial charge in [0, 0.05) is 44.0 Å². The molecule has 0 radical (unpaired) electrons. The summed E-state index contributed by atoms with van der Waals surface area (Å²) in [4.78, 5) is 8.95. The highest BCUT2D eigenvalue weighted by Gasteiger charge is 2.12. The quantitative estimate of drug-likeness (QED) is 0.357. The van der Waals surface area contributed by atoms with Crippen molar-refractivity contribution in [2.75, 3.05) is 5.73 Å². The van der Waals surface area contributed by atoms with Crippen molar-refractivity contribution < 1.29 is 0 Å². The van der Waals surface area contributed by atoms with Gasteiger partial charge in [0.15, 0.2) is 0 Å². The first kappa shape index (κ1) is 17.9. The molecule has 0 aliphatic heterocycles. The third-order valence-electron chi connectivity index (χ3n) is 5.27. The Morgan fingerprint density at radius 2 is 1.45 bits per heavy atom. The summed E-state index contributed by atoms with van der Waals surface area (Å²) in [5.74, 6) is 0.275. The van der Waals surface area contributed by atoms with Crippen LogP contribution >= 0.6 is 15.9 Å². The number of aromatic nitrogens is 3. The van der Waals surface area contributed by atoms with E-state index in [2.05, 4.69) is 79.9 Å². The summed E-state index contributed by atoms with van der Waals surface area (Å²) in [5, 5.41) is 2.48. The van der Waals surface area contributed by atoms with E-state index in [0.717, 1.165) is 33.5 Å². The number of hydrogen-bond donors (Lipinski definition) is 1. The number of fused-ring (bicyclic) bond motifs is 3. The second-order valence-corrected chi connectivity index (χ2v) is 7.91. The van der Waals surface area contributed by atoms with E-state index < -0.39 is 0 Å². The first-order valence-corrected chi connectivity index (χ1v) is 10.3. The largest absolute Gasteiger partial charge is 0.368 e. The van der Waals surface area contributed by atoms with Crippen LogP contribution in [0.3, 0.4) is 0 Å². The second-order valence-electron chi connectivity index (χ2n) is 7.00. The number of aryl methyl sites for hydroxylation is 1. The molecule has 0 saturated carbocycles. The van der Waals surface area contributed by atoms with Crippen LogP contribution in [0, 0.1) is 0 Å². The monoisotopic (exact) mass is 442 g/mol. The highest BCUT2D eigenvalue weighted by Crippen LogP contribution is 2.33. The SMILES string of the molecule is CCn1c2ccccc2c2cc(-c3cc(-c4ccc(Br)cc4)nc(N)n3)ccc21. The molecule has 0 fully saturated rings. The van der Waals surface area contributed by atoms with E-state index in [1.807, 2.05) is 30.3 Å². The molecule has 3 aromatic carbocycles. The third kappa shape index (κ3) is 3.08. The summed E-state index contributed by atoms with van der Waals surface area (Å²) in [5.41, 5.74) is 12.2. The minimum atomic E-state index is 0.275. The first-order chi connectivity index (χ1) is 14.1. The van der Waals surface area contributed by atoms with Gasteiger partial charge >= 0.3 is 0 Å². The Morgan fingerprint density at radius 1 is 0.793 bits per heavy atom. The van der Waals surface area contributed by atoms with E-state index in [9.17, 15) is 0 Å². The first-order valence-electron chi connectivity index (χ1n) is 9.56. The number of halogens is 1. The van der Waals surface area contributed by atoms with Crippen molar-refractivity contribution in [3.63, 3.8) is 0 Å². The van der Waals surface area contributed by atoms with Gasteiger partial charge in [0.05, 0.1) is 11.4 Å². The van der Waals surface area contributed by atoms with Gasteiger partial charge < -0.3 is 10.3 Å². The van der Waals surface area contributed by atoms with Crippen LogP contribution in [0.25, 0.3) is 44.3 Å². The van der Waals surface area contributed by atoms with Crippen LogP contribution in [0.1, 0.15) is 6.92 Å². The molecule has 0 aliphatic rings. The van der Waals surface area contributed by atoms with Crippen molar-refractivity contribution in [2.45, 2.75) is 13.5 Å². The zero-order chi connectivity index (χ0) is 20.0. The van der Waals surface area contributed by atoms with E-state index in [4.69, 9.17) is 5.73 Å². The molecular formula is C24H19BrN4. The Bertz CT molecular complexity index is 1350. The molecular weight excluding hydrogens is 424 g/mol. The van der Waals surface area contributed by atoms with Crippen molar-refractivity contribution in [1.29, 1.82) is 0 Å². The van der Waals surface area contributed by atoms with Crippen molar-refractivity contribution in [3.05, 3.63) is 77.3 Å². The highest BCUT2D eigenvalue weighted by molar-refractivity contribution is 9.10. The fourth-order valence-corrected chi connectivity index (χ4v) is 4.20. The average molecular weight is 443 g/mol. The predicted molar refractivity (Wildman–Crippen MR) is 124 cm³/mol. The van der Waals surface area contributed by atoms with Crippen LogP contribution in [0.15, 0.2) is 77.3 Å². The van der Waals surface area contributed by atoms with Gasteiger partial charge in [-0.05, 0) is 43.3 Å². The smallest absolute Gasteiger partial charge is 0.221 e. The zero-order valence-corrected chi connectivity index (χ0v) is 17.5. The molecule has 5 aromatic rings. The molecule has 142 valence electrons. The fourth-order valence-electron chi connectivity index (χ4n) is 3.94. The van der Waals surface area contributed by atoms with Gasteiger partial charge in [0.1, 0.15) is 0 Å². The third-order valence-corrected chi connectivity index (χ3v) is 5.80. The Hall–Kier alpha value is -3.18. The summed E-state index contributed by atoms with van der Waals surface area (Å²) in [7, 11) is 0. The molecule has 0 saturated heterocycles. The van der Waals surface area contributed by atoms with Crippen LogP contribution in [-0.2, 0) is 6.54 Å². The molecule has 0 atom stereocenters. The van der Waals surface area contributed by atoms with Crippen LogP contribution in [0.2, 0.25) is 0 Å². The maximum atomic E-state index is 6.06. The summed E-state index contributed by atoms with van der Waals surface area (Å²) in [6, 6.07) is 25.1. The summed E-state index contributed by atoms with van der Waals surface area (Å²) >= 11 is 3.47. The molecule has 5 heteroatoms. The molecule has 4 nitrogen and oxygen atoms in total. The van der Waals surface area contributed by atoms with Crippen molar-refractivity contribution >= 4 is 43.7 Å². The van der Waals surface area contributed by atoms with E-state index >= 15 is 0 Å². The molecule has 29 heavy (non-hydrogen) atoms. The Labute approximate surface area is 177 Å². The van der Waals surface area contributed by atoms with Crippen LogP contribution in [-0.4, -0.2) is 14.5 Å². The lowest BCUT2D eigenvalue weighted by Gasteiger charge is -2.08. The van der Waals surface area contributed by atoms with Gasteiger partial charge in [-0.25, -0.2) is 9.97 Å². The normalized spacial score (nSPS) is 11.4. The predicted octanol–water partition coefficient (Wildman–Crippen LogP) is 6.28. The van der Waals surface area contributed by atoms with Gasteiger partial charge in [0.25, 0.3) is 0 Å². The molecule has 0 aliphatic carbocycles. The molecule has 2 aromatic heterocycles. The molecule has 5 rings (SSSR count). The van der Waals surface area contributed by atoms with Gasteiger partial charge in [-0.2, -0.15) is 0 Å². The Balaban J connectivity index is 1.70. The van der Waals surface area contributed by atoms with Crippen molar-refractivity contribution in [1.82, 2.24) is 14.5 Å². The molecule has 0 unspecified atom stereocenters. The van der Waals surface area contributed by atoms with Crippen LogP contribution in [0.4, 0.5) is 5.95 Å².